The molecule has 0 spiro atoms. The van der Waals surface area contributed by atoms with Gasteiger partial charge in [-0.05, 0) is 6.92 Å². The molecule has 1 aromatic heterocycles. The average Bonchev–Trinajstić information content (AvgIpc) is 2.02. The van der Waals surface area contributed by atoms with Gasteiger partial charge >= 0.3 is 0 Å². The van der Waals surface area contributed by atoms with Gasteiger partial charge in [-0.1, -0.05) is 0 Å². The van der Waals surface area contributed by atoms with Crippen LogP contribution < -0.4 is 0 Å². The Morgan fingerprint density at radius 1 is 1.30 bits per heavy atom. The summed E-state index contributed by atoms with van der Waals surface area (Å²) < 4.78 is 0. The summed E-state index contributed by atoms with van der Waals surface area (Å²) in [5.74, 6) is 0.774. The summed E-state index contributed by atoms with van der Waals surface area (Å²) in [6.07, 6.45) is 6.18. The van der Waals surface area contributed by atoms with Crippen LogP contribution in [-0.2, 0) is 0 Å². The molecule has 0 saturated heterocycles. The molecule has 0 saturated carbocycles. The molecular formula is C6H8N4. The lowest BCUT2D eigenvalue weighted by atomic mass is 10.7. The lowest BCUT2D eigenvalue weighted by Crippen LogP contribution is -1.77. The molecular weight excluding hydrogens is 128 g/mol. The summed E-state index contributed by atoms with van der Waals surface area (Å²) in [6.45, 7) is 1.84. The molecule has 1 aromatic rings. The van der Waals surface area contributed by atoms with Gasteiger partial charge in [0.25, 0.3) is 0 Å². The summed E-state index contributed by atoms with van der Waals surface area (Å²) in [7, 11) is 0. The first kappa shape index (κ1) is 6.67. The van der Waals surface area contributed by atoms with Crippen LogP contribution in [0.25, 0.3) is 0 Å². The van der Waals surface area contributed by atoms with Crippen molar-refractivity contribution < 1.29 is 0 Å². The summed E-state index contributed by atoms with van der Waals surface area (Å²) in [4.78, 5) is 14.4. The summed E-state index contributed by atoms with van der Waals surface area (Å²) in [5, 5.41) is 0. The number of rotatable bonds is 0. The molecule has 52 valence electrons. The molecule has 4 nitrogen and oxygen atoms in total. The largest absolute Gasteiger partial charge is 0.335 e. The van der Waals surface area contributed by atoms with Crippen LogP contribution in [0.3, 0.4) is 0 Å². The Morgan fingerprint density at radius 2 is 2.10 bits per heavy atom. The van der Waals surface area contributed by atoms with Gasteiger partial charge in [-0.3, -0.25) is 0 Å². The van der Waals surface area contributed by atoms with Crippen molar-refractivity contribution in [2.45, 2.75) is 6.92 Å². The molecule has 0 radical (unpaired) electrons. The topological polar surface area (TPSA) is 54.5 Å². The number of hydrogen-bond donors (Lipinski definition) is 1. The average molecular weight is 136 g/mol. The van der Waals surface area contributed by atoms with Crippen LogP contribution in [0.1, 0.15) is 5.82 Å². The fourth-order valence-electron chi connectivity index (χ4n) is 0.446. The smallest absolute Gasteiger partial charge is 0.117 e. The van der Waals surface area contributed by atoms with E-state index in [0.29, 0.717) is 0 Å². The summed E-state index contributed by atoms with van der Waals surface area (Å²) in [5.41, 5.74) is 0. The number of H-pyrrole nitrogens is 1. The van der Waals surface area contributed by atoms with E-state index in [1.165, 1.54) is 6.33 Å². The molecule has 1 rings (SSSR count). The minimum Gasteiger partial charge on any atom is -0.335 e. The van der Waals surface area contributed by atoms with Crippen LogP contribution in [0.2, 0.25) is 0 Å². The summed E-state index contributed by atoms with van der Waals surface area (Å²) in [6, 6.07) is 0. The zero-order chi connectivity index (χ0) is 7.23. The van der Waals surface area contributed by atoms with Crippen molar-refractivity contribution in [1.29, 1.82) is 0 Å². The highest BCUT2D eigenvalue weighted by atomic mass is 14.9. The zero-order valence-corrected chi connectivity index (χ0v) is 5.65. The SMILES string of the molecule is Cc1ncnccnc[nH]1. The molecule has 0 amide bonds. The Balaban J connectivity index is 3.13. The third kappa shape index (κ3) is 2.21. The highest BCUT2D eigenvalue weighted by Gasteiger charge is 1.71. The predicted molar refractivity (Wildman–Crippen MR) is 36.5 cm³/mol. The molecule has 0 aliphatic carbocycles. The number of nitrogens with one attached hydrogen (secondary N) is 1. The summed E-state index contributed by atoms with van der Waals surface area (Å²) >= 11 is 0. The lowest BCUT2D eigenvalue weighted by Gasteiger charge is -1.78. The van der Waals surface area contributed by atoms with E-state index in [1.54, 1.807) is 18.7 Å². The maximum absolute atomic E-state index is 3.92. The Bertz CT molecular complexity index is 217. The van der Waals surface area contributed by atoms with Crippen molar-refractivity contribution in [1.82, 2.24) is 19.9 Å². The highest BCUT2D eigenvalue weighted by molar-refractivity contribution is 4.72. The van der Waals surface area contributed by atoms with E-state index in [1.807, 2.05) is 6.92 Å². The molecule has 1 N–H and O–H groups in total. The predicted octanol–water partition coefficient (Wildman–Crippen LogP) is 0.633. The molecule has 0 fully saturated rings. The van der Waals surface area contributed by atoms with Gasteiger partial charge in [-0.15, -0.1) is 0 Å². The molecule has 0 unspecified atom stereocenters. The van der Waals surface area contributed by atoms with Crippen LogP contribution >= 0.6 is 0 Å². The minimum absolute atomic E-state index is 0.774. The van der Waals surface area contributed by atoms with Gasteiger partial charge in [0.2, 0.25) is 0 Å². The van der Waals surface area contributed by atoms with Gasteiger partial charge in [-0.25, -0.2) is 15.0 Å². The number of aryl methyl sites for hydroxylation is 1. The standard InChI is InChI=1S/C6H8N4/c1-6-9-4-7-2-3-8-5-10-6/h2-5H,1H3,(H,7,8,9,10). The van der Waals surface area contributed by atoms with E-state index in [9.17, 15) is 0 Å². The monoisotopic (exact) mass is 136 g/mol. The van der Waals surface area contributed by atoms with Crippen molar-refractivity contribution in [2.24, 2.45) is 0 Å². The molecule has 4 heteroatoms. The Labute approximate surface area is 58.7 Å². The third-order valence-corrected chi connectivity index (χ3v) is 0.905. The number of aromatic amines is 1. The third-order valence-electron chi connectivity index (χ3n) is 0.905. The van der Waals surface area contributed by atoms with Crippen LogP contribution in [0.15, 0.2) is 25.0 Å². The van der Waals surface area contributed by atoms with E-state index >= 15 is 0 Å². The second-order valence-electron chi connectivity index (χ2n) is 1.70. The van der Waals surface area contributed by atoms with Gasteiger partial charge < -0.3 is 4.98 Å². The normalized spacial score (nSPS) is 8.50. The Kier molecular flexibility index (Phi) is 2.37. The quantitative estimate of drug-likeness (QED) is 0.569. The van der Waals surface area contributed by atoms with Crippen molar-refractivity contribution in [2.75, 3.05) is 0 Å². The maximum atomic E-state index is 3.92. The van der Waals surface area contributed by atoms with Crippen LogP contribution in [0, 0.1) is 6.92 Å². The maximum Gasteiger partial charge on any atom is 0.117 e. The number of nitrogens with zero attached hydrogens (tertiary/aromatic N) is 3. The van der Waals surface area contributed by atoms with E-state index in [0.717, 1.165) is 5.82 Å². The van der Waals surface area contributed by atoms with Gasteiger partial charge in [0.05, 0.1) is 6.33 Å². The minimum atomic E-state index is 0.774. The molecule has 0 bridgehead atoms. The van der Waals surface area contributed by atoms with Gasteiger partial charge in [-0.2, -0.15) is 0 Å². The second-order valence-corrected chi connectivity index (χ2v) is 1.70. The van der Waals surface area contributed by atoms with Crippen molar-refractivity contribution >= 4 is 0 Å². The fraction of sp³-hybridized carbons (Fsp3) is 0.167. The molecule has 0 aliphatic heterocycles. The van der Waals surface area contributed by atoms with Crippen molar-refractivity contribution in [3.63, 3.8) is 0 Å². The van der Waals surface area contributed by atoms with Crippen LogP contribution in [0.4, 0.5) is 0 Å². The highest BCUT2D eigenvalue weighted by Crippen LogP contribution is 1.73. The van der Waals surface area contributed by atoms with Gasteiger partial charge in [0.15, 0.2) is 0 Å². The second kappa shape index (κ2) is 3.55. The number of hydrogen-bond acceptors (Lipinski definition) is 3. The lowest BCUT2D eigenvalue weighted by molar-refractivity contribution is 1.04. The van der Waals surface area contributed by atoms with Crippen LogP contribution in [0.5, 0.6) is 0 Å². The first-order chi connectivity index (χ1) is 4.89. The Hall–Kier alpha value is -1.45. The van der Waals surface area contributed by atoms with Gasteiger partial charge in [0.1, 0.15) is 12.2 Å². The van der Waals surface area contributed by atoms with Crippen molar-refractivity contribution in [3.05, 3.63) is 30.9 Å². The molecule has 0 atom stereocenters. The van der Waals surface area contributed by atoms with E-state index in [2.05, 4.69) is 19.9 Å². The van der Waals surface area contributed by atoms with E-state index in [-0.39, 0.29) is 0 Å². The first-order valence-corrected chi connectivity index (χ1v) is 2.89. The Morgan fingerprint density at radius 3 is 3.00 bits per heavy atom. The van der Waals surface area contributed by atoms with E-state index in [4.69, 9.17) is 0 Å². The molecule has 1 heterocycles. The zero-order valence-electron chi connectivity index (χ0n) is 5.65. The number of aromatic nitrogens is 4. The first-order valence-electron chi connectivity index (χ1n) is 2.89. The fourth-order valence-corrected chi connectivity index (χ4v) is 0.446. The molecule has 0 aliphatic rings. The van der Waals surface area contributed by atoms with Crippen LogP contribution in [-0.4, -0.2) is 19.9 Å². The molecule has 0 aromatic carbocycles. The van der Waals surface area contributed by atoms with Crippen molar-refractivity contribution in [3.8, 4) is 0 Å². The molecule has 10 heavy (non-hydrogen) atoms. The van der Waals surface area contributed by atoms with E-state index < -0.39 is 0 Å². The van der Waals surface area contributed by atoms with Gasteiger partial charge in [0, 0.05) is 12.4 Å².